The molecule has 0 saturated carbocycles. The maximum absolute atomic E-state index is 13.2. The van der Waals surface area contributed by atoms with Crippen LogP contribution in [0.3, 0.4) is 0 Å². The smallest absolute Gasteiger partial charge is 0.291 e. The van der Waals surface area contributed by atoms with Gasteiger partial charge in [0.05, 0.1) is 6.04 Å². The molecule has 0 spiro atoms. The predicted octanol–water partition coefficient (Wildman–Crippen LogP) is 2.39. The lowest BCUT2D eigenvalue weighted by Gasteiger charge is -2.32. The zero-order valence-corrected chi connectivity index (χ0v) is 17.8. The number of thioether (sulfide) groups is 1. The molecular weight excluding hydrogens is 392 g/mol. The van der Waals surface area contributed by atoms with E-state index in [1.165, 1.54) is 16.7 Å². The Balaban J connectivity index is 2.44. The summed E-state index contributed by atoms with van der Waals surface area (Å²) in [4.78, 5) is 52.4. The molecule has 2 N–H and O–H groups in total. The number of hydrogen-bond acceptors (Lipinski definition) is 6. The van der Waals surface area contributed by atoms with Crippen LogP contribution in [0.25, 0.3) is 0 Å². The van der Waals surface area contributed by atoms with Crippen LogP contribution in [0.15, 0.2) is 24.3 Å². The number of amides is 2. The second-order valence-corrected chi connectivity index (χ2v) is 8.25. The highest BCUT2D eigenvalue weighted by Gasteiger charge is 2.53. The van der Waals surface area contributed by atoms with E-state index in [1.54, 1.807) is 29.7 Å². The van der Waals surface area contributed by atoms with Crippen molar-refractivity contribution in [1.82, 2.24) is 10.4 Å². The van der Waals surface area contributed by atoms with Crippen molar-refractivity contribution in [2.75, 3.05) is 12.0 Å². The van der Waals surface area contributed by atoms with E-state index in [9.17, 15) is 19.2 Å². The SMILES string of the molecule is CCCCC(C(=O)NO)N1C(=O)C(=O)C(C(=O)c2ccc(C)cc2)C1CCSC. The van der Waals surface area contributed by atoms with Gasteiger partial charge < -0.3 is 4.90 Å². The van der Waals surface area contributed by atoms with Crippen molar-refractivity contribution in [2.24, 2.45) is 5.92 Å². The van der Waals surface area contributed by atoms with Crippen LogP contribution >= 0.6 is 11.8 Å². The highest BCUT2D eigenvalue weighted by atomic mass is 32.2. The van der Waals surface area contributed by atoms with Crippen molar-refractivity contribution in [3.05, 3.63) is 35.4 Å². The number of benzene rings is 1. The number of Topliss-reactive ketones (excluding diaryl/α,β-unsaturated/α-hetero) is 2. The molecule has 3 unspecified atom stereocenters. The number of rotatable bonds is 10. The molecular formula is C21H28N2O5S. The Bertz CT molecular complexity index is 765. The quantitative estimate of drug-likeness (QED) is 0.198. The molecule has 1 aliphatic rings. The van der Waals surface area contributed by atoms with Crippen LogP contribution in [-0.2, 0) is 14.4 Å². The molecule has 1 aromatic carbocycles. The van der Waals surface area contributed by atoms with Gasteiger partial charge in [-0.1, -0.05) is 49.6 Å². The van der Waals surface area contributed by atoms with Gasteiger partial charge in [0.2, 0.25) is 5.78 Å². The van der Waals surface area contributed by atoms with Gasteiger partial charge in [0.1, 0.15) is 12.0 Å². The fraction of sp³-hybridized carbons (Fsp3) is 0.524. The minimum Gasteiger partial charge on any atom is -0.320 e. The van der Waals surface area contributed by atoms with Crippen LogP contribution in [0.5, 0.6) is 0 Å². The fourth-order valence-electron chi connectivity index (χ4n) is 3.72. The number of hydrogen-bond donors (Lipinski definition) is 2. The van der Waals surface area contributed by atoms with Gasteiger partial charge in [0, 0.05) is 5.56 Å². The molecule has 2 rings (SSSR count). The average molecular weight is 421 g/mol. The topological polar surface area (TPSA) is 104 Å². The van der Waals surface area contributed by atoms with Gasteiger partial charge in [0.25, 0.3) is 11.8 Å². The Kier molecular flexibility index (Phi) is 8.40. The first-order valence-corrected chi connectivity index (χ1v) is 11.2. The van der Waals surface area contributed by atoms with Gasteiger partial charge in [-0.3, -0.25) is 24.4 Å². The minimum atomic E-state index is -1.15. The van der Waals surface area contributed by atoms with Gasteiger partial charge >= 0.3 is 0 Å². The predicted molar refractivity (Wildman–Crippen MR) is 111 cm³/mol. The molecule has 1 aromatic rings. The number of nitrogens with zero attached hydrogens (tertiary/aromatic N) is 1. The normalized spacial score (nSPS) is 20.1. The third-order valence-corrected chi connectivity index (χ3v) is 5.93. The lowest BCUT2D eigenvalue weighted by atomic mass is 9.88. The summed E-state index contributed by atoms with van der Waals surface area (Å²) in [6.45, 7) is 3.84. The number of carbonyl (C=O) groups excluding carboxylic acids is 4. The largest absolute Gasteiger partial charge is 0.320 e. The van der Waals surface area contributed by atoms with Gasteiger partial charge in [-0.2, -0.15) is 11.8 Å². The Hall–Kier alpha value is -2.19. The lowest BCUT2D eigenvalue weighted by molar-refractivity contribution is -0.147. The maximum atomic E-state index is 13.2. The van der Waals surface area contributed by atoms with E-state index in [0.717, 1.165) is 12.0 Å². The molecule has 0 bridgehead atoms. The van der Waals surface area contributed by atoms with Gasteiger partial charge in [-0.25, -0.2) is 5.48 Å². The van der Waals surface area contributed by atoms with Crippen molar-refractivity contribution in [3.8, 4) is 0 Å². The number of ketones is 2. The van der Waals surface area contributed by atoms with Crippen molar-refractivity contribution >= 4 is 35.1 Å². The highest BCUT2D eigenvalue weighted by molar-refractivity contribution is 7.98. The van der Waals surface area contributed by atoms with Crippen molar-refractivity contribution in [2.45, 2.75) is 51.6 Å². The standard InChI is InChI=1S/C21H28N2O5S/c1-4-5-6-16(20(26)22-28)23-15(11-12-29-3)17(19(25)21(23)27)18(24)14-9-7-13(2)8-10-14/h7-10,15-17,28H,4-6,11-12H2,1-3H3,(H,22,26). The maximum Gasteiger partial charge on any atom is 0.291 e. The van der Waals surface area contributed by atoms with Crippen molar-refractivity contribution in [1.29, 1.82) is 0 Å². The second-order valence-electron chi connectivity index (χ2n) is 7.27. The summed E-state index contributed by atoms with van der Waals surface area (Å²) in [5.41, 5.74) is 2.96. The highest BCUT2D eigenvalue weighted by Crippen LogP contribution is 2.32. The Morgan fingerprint density at radius 2 is 1.90 bits per heavy atom. The van der Waals surface area contributed by atoms with E-state index >= 15 is 0 Å². The average Bonchev–Trinajstić information content (AvgIpc) is 2.97. The van der Waals surface area contributed by atoms with E-state index in [0.29, 0.717) is 30.6 Å². The Labute approximate surface area is 175 Å². The summed E-state index contributed by atoms with van der Waals surface area (Å²) in [5.74, 6) is -3.28. The van der Waals surface area contributed by atoms with Crippen LogP contribution in [0.1, 0.15) is 48.5 Å². The molecule has 1 fully saturated rings. The van der Waals surface area contributed by atoms with Crippen LogP contribution < -0.4 is 5.48 Å². The number of carbonyl (C=O) groups is 4. The summed E-state index contributed by atoms with van der Waals surface area (Å²) in [6.07, 6.45) is 4.04. The van der Waals surface area contributed by atoms with Crippen LogP contribution in [-0.4, -0.2) is 57.6 Å². The zero-order valence-electron chi connectivity index (χ0n) is 17.0. The number of likely N-dealkylation sites (tertiary alicyclic amines) is 1. The molecule has 0 aliphatic carbocycles. The van der Waals surface area contributed by atoms with E-state index in [-0.39, 0.29) is 0 Å². The molecule has 1 saturated heterocycles. The van der Waals surface area contributed by atoms with E-state index in [2.05, 4.69) is 0 Å². The first-order valence-electron chi connectivity index (χ1n) is 9.77. The van der Waals surface area contributed by atoms with Gasteiger partial charge in [-0.05, 0) is 31.8 Å². The first kappa shape index (κ1) is 23.1. The molecule has 0 radical (unpaired) electrons. The van der Waals surface area contributed by atoms with Gasteiger partial charge in [-0.15, -0.1) is 0 Å². The molecule has 1 heterocycles. The first-order chi connectivity index (χ1) is 13.9. The molecule has 8 heteroatoms. The van der Waals surface area contributed by atoms with E-state index < -0.39 is 41.4 Å². The molecule has 29 heavy (non-hydrogen) atoms. The third-order valence-electron chi connectivity index (χ3n) is 5.29. The van der Waals surface area contributed by atoms with Gasteiger partial charge in [0.15, 0.2) is 5.78 Å². The molecule has 3 atom stereocenters. The summed E-state index contributed by atoms with van der Waals surface area (Å²) in [7, 11) is 0. The molecule has 158 valence electrons. The Morgan fingerprint density at radius 3 is 2.45 bits per heavy atom. The minimum absolute atomic E-state index is 0.309. The second kappa shape index (κ2) is 10.5. The van der Waals surface area contributed by atoms with E-state index in [4.69, 9.17) is 5.21 Å². The van der Waals surface area contributed by atoms with E-state index in [1.807, 2.05) is 20.1 Å². The lowest BCUT2D eigenvalue weighted by Crippen LogP contribution is -2.51. The third kappa shape index (κ3) is 5.05. The van der Waals surface area contributed by atoms with Crippen LogP contribution in [0.2, 0.25) is 0 Å². The summed E-state index contributed by atoms with van der Waals surface area (Å²) in [6, 6.07) is 5.17. The molecule has 0 aromatic heterocycles. The summed E-state index contributed by atoms with van der Waals surface area (Å²) >= 11 is 1.54. The monoisotopic (exact) mass is 420 g/mol. The van der Waals surface area contributed by atoms with Crippen molar-refractivity contribution < 1.29 is 24.4 Å². The number of aryl methyl sites for hydroxylation is 1. The van der Waals surface area contributed by atoms with Crippen LogP contribution in [0, 0.1) is 12.8 Å². The Morgan fingerprint density at radius 1 is 1.24 bits per heavy atom. The number of nitrogens with one attached hydrogen (secondary N) is 1. The van der Waals surface area contributed by atoms with Crippen molar-refractivity contribution in [3.63, 3.8) is 0 Å². The fourth-order valence-corrected chi connectivity index (χ4v) is 4.20. The molecule has 1 aliphatic heterocycles. The molecule has 2 amide bonds. The number of unbranched alkanes of at least 4 members (excludes halogenated alkanes) is 1. The van der Waals surface area contributed by atoms with Crippen LogP contribution in [0.4, 0.5) is 0 Å². The zero-order chi connectivity index (χ0) is 21.6. The molecule has 7 nitrogen and oxygen atoms in total. The number of hydroxylamine groups is 1. The summed E-state index contributed by atoms with van der Waals surface area (Å²) < 4.78 is 0. The summed E-state index contributed by atoms with van der Waals surface area (Å²) in [5, 5.41) is 9.16.